The maximum atomic E-state index is 12.5. The molecule has 31 heavy (non-hydrogen) atoms. The fraction of sp³-hybridized carbons (Fsp3) is 0.250. The molecule has 0 saturated heterocycles. The zero-order chi connectivity index (χ0) is 21.8. The van der Waals surface area contributed by atoms with E-state index in [1.54, 1.807) is 31.2 Å². The van der Waals surface area contributed by atoms with Gasteiger partial charge in [-0.1, -0.05) is 23.9 Å². The van der Waals surface area contributed by atoms with Crippen molar-refractivity contribution in [3.63, 3.8) is 0 Å². The Kier molecular flexibility index (Phi) is 6.32. The van der Waals surface area contributed by atoms with Gasteiger partial charge < -0.3 is 19.2 Å². The van der Waals surface area contributed by atoms with E-state index in [0.717, 1.165) is 51.3 Å². The van der Waals surface area contributed by atoms with Crippen LogP contribution in [0.25, 0.3) is 27.7 Å². The highest BCUT2D eigenvalue weighted by atomic mass is 32.2. The standard InChI is InChI=1S/C24H24N2O4S/c1-4-29-21-13-22-19(20(14-30-22)16-5-7-17(28-3)8-6-16)12-18(21)15(2)11-23(27)26-24-25-9-10-31-24/h5-8,11-14H,4,9-10H2,1-3H3,(H,25,26,27)/b15-11+. The molecule has 1 N–H and O–H groups in total. The molecule has 1 amide bonds. The maximum absolute atomic E-state index is 12.5. The summed E-state index contributed by atoms with van der Waals surface area (Å²) in [6, 6.07) is 11.7. The van der Waals surface area contributed by atoms with Gasteiger partial charge in [-0.05, 0) is 43.2 Å². The summed E-state index contributed by atoms with van der Waals surface area (Å²) in [5, 5.41) is 4.46. The molecule has 2 aromatic carbocycles. The van der Waals surface area contributed by atoms with E-state index in [1.165, 1.54) is 0 Å². The average Bonchev–Trinajstić information content (AvgIpc) is 3.43. The molecular weight excluding hydrogens is 412 g/mol. The molecule has 0 bridgehead atoms. The first-order valence-corrected chi connectivity index (χ1v) is 11.1. The number of carbonyl (C=O) groups is 1. The number of methoxy groups -OCH3 is 1. The van der Waals surface area contributed by atoms with Crippen LogP contribution in [0.15, 0.2) is 58.1 Å². The number of thioether (sulfide) groups is 1. The molecule has 1 aliphatic rings. The van der Waals surface area contributed by atoms with Gasteiger partial charge in [0.25, 0.3) is 0 Å². The molecule has 6 nitrogen and oxygen atoms in total. The fourth-order valence-corrected chi connectivity index (χ4v) is 4.19. The zero-order valence-corrected chi connectivity index (χ0v) is 18.5. The number of ether oxygens (including phenoxy) is 2. The number of rotatable bonds is 6. The maximum Gasteiger partial charge on any atom is 0.250 e. The van der Waals surface area contributed by atoms with Gasteiger partial charge in [-0.15, -0.1) is 0 Å². The molecule has 0 unspecified atom stereocenters. The molecule has 1 aromatic heterocycles. The first-order chi connectivity index (χ1) is 15.1. The largest absolute Gasteiger partial charge is 0.497 e. The van der Waals surface area contributed by atoms with Gasteiger partial charge in [0.05, 0.1) is 26.5 Å². The van der Waals surface area contributed by atoms with E-state index in [9.17, 15) is 4.79 Å². The van der Waals surface area contributed by atoms with Crippen LogP contribution in [-0.2, 0) is 4.79 Å². The Hall–Kier alpha value is -3.19. The number of nitrogens with zero attached hydrogens (tertiary/aromatic N) is 1. The van der Waals surface area contributed by atoms with Crippen LogP contribution >= 0.6 is 11.8 Å². The Balaban J connectivity index is 1.72. The van der Waals surface area contributed by atoms with Crippen molar-refractivity contribution in [2.75, 3.05) is 26.0 Å². The third-order valence-corrected chi connectivity index (χ3v) is 5.86. The van der Waals surface area contributed by atoms with Gasteiger partial charge in [0.15, 0.2) is 5.17 Å². The second-order valence-corrected chi connectivity index (χ2v) is 8.09. The fourth-order valence-electron chi connectivity index (χ4n) is 3.46. The minimum absolute atomic E-state index is 0.198. The van der Waals surface area contributed by atoms with Crippen LogP contribution in [0.1, 0.15) is 19.4 Å². The number of nitrogens with one attached hydrogen (secondary N) is 1. The number of hydrogen-bond donors (Lipinski definition) is 1. The monoisotopic (exact) mass is 436 g/mol. The van der Waals surface area contributed by atoms with E-state index in [4.69, 9.17) is 13.9 Å². The predicted octanol–water partition coefficient (Wildman–Crippen LogP) is 5.13. The molecule has 0 spiro atoms. The molecule has 1 aliphatic heterocycles. The van der Waals surface area contributed by atoms with Crippen LogP contribution in [0.5, 0.6) is 11.5 Å². The predicted molar refractivity (Wildman–Crippen MR) is 126 cm³/mol. The molecule has 0 atom stereocenters. The second kappa shape index (κ2) is 9.31. The van der Waals surface area contributed by atoms with Crippen LogP contribution < -0.4 is 14.8 Å². The van der Waals surface area contributed by atoms with Gasteiger partial charge in [0, 0.05) is 34.4 Å². The third kappa shape index (κ3) is 4.61. The molecule has 0 radical (unpaired) electrons. The van der Waals surface area contributed by atoms with Gasteiger partial charge in [-0.3, -0.25) is 9.79 Å². The van der Waals surface area contributed by atoms with E-state index in [1.807, 2.05) is 50.2 Å². The van der Waals surface area contributed by atoms with Crippen molar-refractivity contribution in [2.24, 2.45) is 4.99 Å². The molecule has 3 aromatic rings. The van der Waals surface area contributed by atoms with Crippen LogP contribution in [-0.4, -0.2) is 37.1 Å². The Morgan fingerprint density at radius 3 is 2.77 bits per heavy atom. The highest BCUT2D eigenvalue weighted by Crippen LogP contribution is 2.37. The van der Waals surface area contributed by atoms with Crippen molar-refractivity contribution in [3.8, 4) is 22.6 Å². The van der Waals surface area contributed by atoms with Crippen molar-refractivity contribution in [2.45, 2.75) is 13.8 Å². The van der Waals surface area contributed by atoms with E-state index in [0.29, 0.717) is 17.5 Å². The van der Waals surface area contributed by atoms with Crippen LogP contribution in [0.4, 0.5) is 0 Å². The van der Waals surface area contributed by atoms with Gasteiger partial charge >= 0.3 is 0 Å². The highest BCUT2D eigenvalue weighted by Gasteiger charge is 2.16. The molecule has 0 fully saturated rings. The lowest BCUT2D eigenvalue weighted by Gasteiger charge is -2.12. The summed E-state index contributed by atoms with van der Waals surface area (Å²) in [5.41, 5.74) is 4.36. The number of carbonyl (C=O) groups excluding carboxylic acids is 1. The quantitative estimate of drug-likeness (QED) is 0.543. The molecule has 0 aliphatic carbocycles. The summed E-state index contributed by atoms with van der Waals surface area (Å²) in [4.78, 5) is 16.7. The van der Waals surface area contributed by atoms with Crippen molar-refractivity contribution in [1.29, 1.82) is 0 Å². The second-order valence-electron chi connectivity index (χ2n) is 7.01. The first kappa shape index (κ1) is 21.1. The number of amidine groups is 1. The Morgan fingerprint density at radius 2 is 2.10 bits per heavy atom. The summed E-state index contributed by atoms with van der Waals surface area (Å²) in [7, 11) is 1.65. The summed E-state index contributed by atoms with van der Waals surface area (Å²) in [6.45, 7) is 5.08. The Labute approximate surface area is 185 Å². The van der Waals surface area contributed by atoms with Crippen molar-refractivity contribution in [1.82, 2.24) is 5.32 Å². The molecule has 4 rings (SSSR count). The minimum atomic E-state index is -0.198. The molecule has 2 heterocycles. The van der Waals surface area contributed by atoms with Gasteiger partial charge in [0.2, 0.25) is 5.91 Å². The number of allylic oxidation sites excluding steroid dienone is 1. The first-order valence-electron chi connectivity index (χ1n) is 10.1. The molecular formula is C24H24N2O4S. The van der Waals surface area contributed by atoms with Crippen molar-refractivity contribution < 1.29 is 18.7 Å². The van der Waals surface area contributed by atoms with Gasteiger partial charge in [-0.25, -0.2) is 0 Å². The number of amides is 1. The lowest BCUT2D eigenvalue weighted by Crippen LogP contribution is -2.25. The van der Waals surface area contributed by atoms with Crippen molar-refractivity contribution in [3.05, 3.63) is 54.3 Å². The van der Waals surface area contributed by atoms with E-state index in [2.05, 4.69) is 10.3 Å². The number of furan rings is 1. The lowest BCUT2D eigenvalue weighted by molar-refractivity contribution is -0.115. The van der Waals surface area contributed by atoms with Gasteiger partial charge in [0.1, 0.15) is 17.1 Å². The highest BCUT2D eigenvalue weighted by molar-refractivity contribution is 8.14. The third-order valence-electron chi connectivity index (χ3n) is 4.96. The molecule has 160 valence electrons. The summed E-state index contributed by atoms with van der Waals surface area (Å²) in [6.07, 6.45) is 3.32. The van der Waals surface area contributed by atoms with Gasteiger partial charge in [-0.2, -0.15) is 0 Å². The van der Waals surface area contributed by atoms with E-state index in [-0.39, 0.29) is 5.91 Å². The number of hydrogen-bond acceptors (Lipinski definition) is 6. The Bertz CT molecular complexity index is 1160. The van der Waals surface area contributed by atoms with Crippen LogP contribution in [0, 0.1) is 0 Å². The van der Waals surface area contributed by atoms with E-state index < -0.39 is 0 Å². The topological polar surface area (TPSA) is 73.1 Å². The lowest BCUT2D eigenvalue weighted by atomic mass is 9.99. The number of aliphatic imine (C=N–C) groups is 1. The number of benzene rings is 2. The SMILES string of the molecule is CCOc1cc2occ(-c3ccc(OC)cc3)c2cc1/C(C)=C/C(=O)NC1=NCCS1. The summed E-state index contributed by atoms with van der Waals surface area (Å²) >= 11 is 1.55. The summed E-state index contributed by atoms with van der Waals surface area (Å²) in [5.74, 6) is 2.18. The average molecular weight is 437 g/mol. The molecule has 7 heteroatoms. The smallest absolute Gasteiger partial charge is 0.250 e. The zero-order valence-electron chi connectivity index (χ0n) is 17.7. The van der Waals surface area contributed by atoms with Crippen molar-refractivity contribution >= 4 is 39.4 Å². The minimum Gasteiger partial charge on any atom is -0.497 e. The normalized spacial score (nSPS) is 13.9. The number of fused-ring (bicyclic) bond motifs is 1. The van der Waals surface area contributed by atoms with Crippen LogP contribution in [0.3, 0.4) is 0 Å². The van der Waals surface area contributed by atoms with Crippen LogP contribution in [0.2, 0.25) is 0 Å². The Morgan fingerprint density at radius 1 is 1.29 bits per heavy atom. The summed E-state index contributed by atoms with van der Waals surface area (Å²) < 4.78 is 16.9. The van der Waals surface area contributed by atoms with E-state index >= 15 is 0 Å². The molecule has 0 saturated carbocycles.